The SMILES string of the molecule is NC(=O)C1CN(Cn2nc(-c3ccc(Cl)cc3Cl)n(-c3ccccc3)c2=S)CCO1. The molecule has 156 valence electrons. The number of nitrogens with two attached hydrogens (primary N) is 1. The minimum absolute atomic E-state index is 0.381. The van der Waals surface area contributed by atoms with Gasteiger partial charge in [-0.2, -0.15) is 0 Å². The van der Waals surface area contributed by atoms with Crippen molar-refractivity contribution in [1.29, 1.82) is 0 Å². The maximum atomic E-state index is 11.5. The Hall–Kier alpha value is -2.23. The van der Waals surface area contributed by atoms with Crippen molar-refractivity contribution in [2.45, 2.75) is 12.8 Å². The molecule has 1 amide bonds. The van der Waals surface area contributed by atoms with Crippen molar-refractivity contribution in [1.82, 2.24) is 19.2 Å². The number of hydrogen-bond donors (Lipinski definition) is 1. The van der Waals surface area contributed by atoms with E-state index in [1.54, 1.807) is 16.8 Å². The number of nitrogens with zero attached hydrogens (tertiary/aromatic N) is 4. The molecule has 4 rings (SSSR count). The molecule has 1 fully saturated rings. The normalized spacial score (nSPS) is 17.2. The van der Waals surface area contributed by atoms with Crippen molar-refractivity contribution in [2.24, 2.45) is 5.73 Å². The van der Waals surface area contributed by atoms with Gasteiger partial charge < -0.3 is 10.5 Å². The Kier molecular flexibility index (Phi) is 6.21. The number of carbonyl (C=O) groups excluding carboxylic acids is 1. The van der Waals surface area contributed by atoms with Gasteiger partial charge in [-0.15, -0.1) is 5.10 Å². The molecule has 0 spiro atoms. The standard InChI is InChI=1S/C20H19Cl2N5O2S/c21-13-6-7-15(16(22)10-13)19-24-26(12-25-8-9-29-17(11-25)18(23)28)20(30)27(19)14-4-2-1-3-5-14/h1-7,10,17H,8-9,11-12H2,(H2,23,28). The van der Waals surface area contributed by atoms with E-state index in [1.807, 2.05) is 45.9 Å². The number of morpholine rings is 1. The molecule has 10 heteroatoms. The Morgan fingerprint density at radius 1 is 1.23 bits per heavy atom. The van der Waals surface area contributed by atoms with E-state index in [0.717, 1.165) is 5.69 Å². The molecule has 2 N–H and O–H groups in total. The fourth-order valence-corrected chi connectivity index (χ4v) is 4.13. The lowest BCUT2D eigenvalue weighted by molar-refractivity contribution is -0.136. The van der Waals surface area contributed by atoms with Gasteiger partial charge in [0, 0.05) is 29.4 Å². The Labute approximate surface area is 188 Å². The van der Waals surface area contributed by atoms with Gasteiger partial charge in [-0.05, 0) is 42.5 Å². The molecule has 1 atom stereocenters. The number of benzene rings is 2. The summed E-state index contributed by atoms with van der Waals surface area (Å²) in [6, 6.07) is 15.0. The van der Waals surface area contributed by atoms with Gasteiger partial charge in [0.05, 0.1) is 18.3 Å². The average Bonchev–Trinajstić information content (AvgIpc) is 3.04. The number of carbonyl (C=O) groups is 1. The third kappa shape index (κ3) is 4.28. The molecule has 1 aliphatic rings. The van der Waals surface area contributed by atoms with Crippen LogP contribution in [0, 0.1) is 4.77 Å². The molecule has 2 aromatic carbocycles. The van der Waals surface area contributed by atoms with Crippen LogP contribution in [-0.4, -0.2) is 51.0 Å². The van der Waals surface area contributed by atoms with E-state index in [4.69, 9.17) is 51.0 Å². The topological polar surface area (TPSA) is 78.3 Å². The molecular formula is C20H19Cl2N5O2S. The molecule has 0 saturated carbocycles. The highest BCUT2D eigenvalue weighted by Crippen LogP contribution is 2.31. The predicted octanol–water partition coefficient (Wildman–Crippen LogP) is 3.52. The fourth-order valence-electron chi connectivity index (χ4n) is 3.35. The first-order chi connectivity index (χ1) is 14.4. The Morgan fingerprint density at radius 3 is 2.70 bits per heavy atom. The Morgan fingerprint density at radius 2 is 2.00 bits per heavy atom. The van der Waals surface area contributed by atoms with Gasteiger partial charge in [0.15, 0.2) is 5.82 Å². The van der Waals surface area contributed by atoms with Gasteiger partial charge in [0.2, 0.25) is 10.7 Å². The zero-order valence-electron chi connectivity index (χ0n) is 15.9. The van der Waals surface area contributed by atoms with Crippen molar-refractivity contribution < 1.29 is 9.53 Å². The number of para-hydroxylation sites is 1. The quantitative estimate of drug-likeness (QED) is 0.585. The summed E-state index contributed by atoms with van der Waals surface area (Å²) in [7, 11) is 0. The lowest BCUT2D eigenvalue weighted by Gasteiger charge is -2.30. The van der Waals surface area contributed by atoms with Gasteiger partial charge in [-0.3, -0.25) is 14.3 Å². The summed E-state index contributed by atoms with van der Waals surface area (Å²) in [5.74, 6) is 0.124. The number of ether oxygens (including phenoxy) is 1. The molecule has 0 bridgehead atoms. The van der Waals surface area contributed by atoms with Crippen LogP contribution >= 0.6 is 35.4 Å². The van der Waals surface area contributed by atoms with Crippen LogP contribution in [0.1, 0.15) is 0 Å². The van der Waals surface area contributed by atoms with Crippen LogP contribution in [0.25, 0.3) is 17.1 Å². The fraction of sp³-hybridized carbons (Fsp3) is 0.250. The second kappa shape index (κ2) is 8.87. The molecule has 0 aliphatic carbocycles. The van der Waals surface area contributed by atoms with Crippen LogP contribution in [0.3, 0.4) is 0 Å². The van der Waals surface area contributed by atoms with Gasteiger partial charge in [-0.25, -0.2) is 4.68 Å². The van der Waals surface area contributed by atoms with Gasteiger partial charge in [-0.1, -0.05) is 41.4 Å². The van der Waals surface area contributed by atoms with Gasteiger partial charge in [0.25, 0.3) is 0 Å². The van der Waals surface area contributed by atoms with E-state index in [2.05, 4.69) is 0 Å². The van der Waals surface area contributed by atoms with Crippen LogP contribution in [0.15, 0.2) is 48.5 Å². The molecule has 1 aliphatic heterocycles. The number of primary amides is 1. The van der Waals surface area contributed by atoms with Crippen molar-refractivity contribution in [3.8, 4) is 17.1 Å². The molecule has 3 aromatic rings. The average molecular weight is 464 g/mol. The summed E-state index contributed by atoms with van der Waals surface area (Å²) >= 11 is 18.3. The highest BCUT2D eigenvalue weighted by molar-refractivity contribution is 7.71. The molecule has 2 heterocycles. The van der Waals surface area contributed by atoms with Crippen molar-refractivity contribution >= 4 is 41.3 Å². The first-order valence-corrected chi connectivity index (χ1v) is 10.4. The predicted molar refractivity (Wildman–Crippen MR) is 118 cm³/mol. The number of aromatic nitrogens is 3. The first-order valence-electron chi connectivity index (χ1n) is 9.28. The molecule has 1 saturated heterocycles. The summed E-state index contributed by atoms with van der Waals surface area (Å²) in [5, 5.41) is 5.78. The van der Waals surface area contributed by atoms with Crippen molar-refractivity contribution in [2.75, 3.05) is 19.7 Å². The number of hydrogen-bond acceptors (Lipinski definition) is 5. The zero-order valence-corrected chi connectivity index (χ0v) is 18.2. The Balaban J connectivity index is 1.77. The van der Waals surface area contributed by atoms with Gasteiger partial charge >= 0.3 is 0 Å². The number of halogens is 2. The van der Waals surface area contributed by atoms with Crippen LogP contribution in [0.5, 0.6) is 0 Å². The summed E-state index contributed by atoms with van der Waals surface area (Å²) in [5.41, 5.74) is 6.98. The maximum Gasteiger partial charge on any atom is 0.247 e. The Bertz CT molecular complexity index is 1130. The number of rotatable bonds is 5. The smallest absolute Gasteiger partial charge is 0.247 e. The van der Waals surface area contributed by atoms with E-state index >= 15 is 0 Å². The van der Waals surface area contributed by atoms with E-state index in [0.29, 0.717) is 52.6 Å². The molecule has 1 unspecified atom stereocenters. The number of amides is 1. The second-order valence-electron chi connectivity index (χ2n) is 6.88. The molecule has 30 heavy (non-hydrogen) atoms. The minimum Gasteiger partial charge on any atom is -0.367 e. The lowest BCUT2D eigenvalue weighted by Crippen LogP contribution is -2.48. The molecule has 1 aromatic heterocycles. The van der Waals surface area contributed by atoms with E-state index in [9.17, 15) is 4.79 Å². The second-order valence-corrected chi connectivity index (χ2v) is 8.09. The van der Waals surface area contributed by atoms with Crippen molar-refractivity contribution in [3.05, 3.63) is 63.3 Å². The molecule has 0 radical (unpaired) electrons. The third-order valence-corrected chi connectivity index (χ3v) is 5.77. The monoisotopic (exact) mass is 463 g/mol. The third-order valence-electron chi connectivity index (χ3n) is 4.83. The summed E-state index contributed by atoms with van der Waals surface area (Å²) in [4.78, 5) is 13.5. The van der Waals surface area contributed by atoms with Crippen LogP contribution in [0.4, 0.5) is 0 Å². The maximum absolute atomic E-state index is 11.5. The molecule has 7 nitrogen and oxygen atoms in total. The van der Waals surface area contributed by atoms with E-state index in [-0.39, 0.29) is 0 Å². The van der Waals surface area contributed by atoms with E-state index < -0.39 is 12.0 Å². The van der Waals surface area contributed by atoms with E-state index in [1.165, 1.54) is 0 Å². The lowest BCUT2D eigenvalue weighted by atomic mass is 10.2. The summed E-state index contributed by atoms with van der Waals surface area (Å²) in [6.45, 7) is 1.83. The van der Waals surface area contributed by atoms with Crippen LogP contribution < -0.4 is 5.73 Å². The van der Waals surface area contributed by atoms with Crippen LogP contribution in [-0.2, 0) is 16.2 Å². The highest BCUT2D eigenvalue weighted by atomic mass is 35.5. The largest absolute Gasteiger partial charge is 0.367 e. The van der Waals surface area contributed by atoms with Crippen LogP contribution in [0.2, 0.25) is 10.0 Å². The van der Waals surface area contributed by atoms with Gasteiger partial charge in [0.1, 0.15) is 6.10 Å². The van der Waals surface area contributed by atoms with Crippen molar-refractivity contribution in [3.63, 3.8) is 0 Å². The zero-order chi connectivity index (χ0) is 21.3. The first kappa shape index (κ1) is 21.0. The molecular weight excluding hydrogens is 445 g/mol. The summed E-state index contributed by atoms with van der Waals surface area (Å²) < 4.78 is 9.51. The minimum atomic E-state index is -0.644. The highest BCUT2D eigenvalue weighted by Gasteiger charge is 2.26. The summed E-state index contributed by atoms with van der Waals surface area (Å²) in [6.07, 6.45) is -0.644.